The zero-order valence-electron chi connectivity index (χ0n) is 13.9. The molecule has 1 heterocycles. The molecule has 0 aliphatic rings. The van der Waals surface area contributed by atoms with Gasteiger partial charge in [0, 0.05) is 6.54 Å². The molecule has 0 saturated heterocycles. The normalized spacial score (nSPS) is 10.4. The van der Waals surface area contributed by atoms with Gasteiger partial charge < -0.3 is 10.6 Å². The lowest BCUT2D eigenvalue weighted by Gasteiger charge is -2.08. The average Bonchev–Trinajstić information content (AvgIpc) is 2.64. The molecule has 4 nitrogen and oxygen atoms in total. The molecular weight excluding hydrogens is 336 g/mol. The minimum atomic E-state index is -0.407. The minimum absolute atomic E-state index is 0.0566. The number of benzene rings is 2. The molecule has 0 aliphatic carbocycles. The molecule has 0 saturated carbocycles. The van der Waals surface area contributed by atoms with E-state index in [0.717, 1.165) is 11.3 Å². The van der Waals surface area contributed by atoms with Crippen LogP contribution in [-0.2, 0) is 17.8 Å². The second-order valence-corrected chi connectivity index (χ2v) is 5.73. The zero-order valence-corrected chi connectivity index (χ0v) is 13.9. The molecule has 3 aromatic rings. The van der Waals surface area contributed by atoms with E-state index in [-0.39, 0.29) is 18.1 Å². The third kappa shape index (κ3) is 4.86. The van der Waals surface area contributed by atoms with Gasteiger partial charge in [-0.2, -0.15) is 0 Å². The molecule has 132 valence electrons. The largest absolute Gasteiger partial charge is 0.380 e. The molecule has 0 unspecified atom stereocenters. The van der Waals surface area contributed by atoms with Gasteiger partial charge in [0.05, 0.1) is 18.3 Å². The molecule has 3 rings (SSSR count). The van der Waals surface area contributed by atoms with Crippen LogP contribution in [0.25, 0.3) is 0 Å². The lowest BCUT2D eigenvalue weighted by atomic mass is 10.1. The van der Waals surface area contributed by atoms with Gasteiger partial charge in [0.2, 0.25) is 5.91 Å². The molecule has 26 heavy (non-hydrogen) atoms. The van der Waals surface area contributed by atoms with Crippen molar-refractivity contribution < 1.29 is 13.6 Å². The summed E-state index contributed by atoms with van der Waals surface area (Å²) in [5.74, 6) is -0.630. The van der Waals surface area contributed by atoms with E-state index in [4.69, 9.17) is 0 Å². The topological polar surface area (TPSA) is 54.0 Å². The first-order valence-electron chi connectivity index (χ1n) is 8.08. The molecule has 0 radical (unpaired) electrons. The summed E-state index contributed by atoms with van der Waals surface area (Å²) in [6.07, 6.45) is 1.53. The van der Waals surface area contributed by atoms with Crippen molar-refractivity contribution in [3.05, 3.63) is 89.6 Å². The Bertz CT molecular complexity index is 880. The number of halogens is 2. The molecule has 2 N–H and O–H groups in total. The average molecular weight is 353 g/mol. The van der Waals surface area contributed by atoms with Crippen LogP contribution < -0.4 is 10.6 Å². The zero-order chi connectivity index (χ0) is 18.4. The Kier molecular flexibility index (Phi) is 5.53. The maximum absolute atomic E-state index is 13.6. The van der Waals surface area contributed by atoms with Gasteiger partial charge >= 0.3 is 0 Å². The van der Waals surface area contributed by atoms with Crippen molar-refractivity contribution in [2.75, 3.05) is 10.6 Å². The summed E-state index contributed by atoms with van der Waals surface area (Å²) in [5.41, 5.74) is 2.04. The van der Waals surface area contributed by atoms with Gasteiger partial charge in [-0.3, -0.25) is 4.79 Å². The molecule has 1 amide bonds. The summed E-state index contributed by atoms with van der Waals surface area (Å²) < 4.78 is 26.4. The van der Waals surface area contributed by atoms with Crippen molar-refractivity contribution in [1.29, 1.82) is 0 Å². The number of hydrogen-bond donors (Lipinski definition) is 2. The Hall–Kier alpha value is -3.28. The standard InChI is InChI=1S/C20H17F2N3O/c21-16-7-5-14(6-8-16)12-23-17-9-10-19(24-13-17)25-20(26)11-15-3-1-2-4-18(15)22/h1-10,13,23H,11-12H2,(H,24,25,26). The van der Waals surface area contributed by atoms with Crippen molar-refractivity contribution in [2.24, 2.45) is 0 Å². The van der Waals surface area contributed by atoms with E-state index >= 15 is 0 Å². The van der Waals surface area contributed by atoms with Crippen LogP contribution in [0.15, 0.2) is 66.9 Å². The van der Waals surface area contributed by atoms with E-state index in [1.54, 1.807) is 48.7 Å². The second kappa shape index (κ2) is 8.20. The molecule has 6 heteroatoms. The fraction of sp³-hybridized carbons (Fsp3) is 0.100. The molecular formula is C20H17F2N3O. The number of nitrogens with one attached hydrogen (secondary N) is 2. The van der Waals surface area contributed by atoms with Gasteiger partial charge in [0.25, 0.3) is 0 Å². The van der Waals surface area contributed by atoms with E-state index in [0.29, 0.717) is 17.9 Å². The maximum Gasteiger partial charge on any atom is 0.230 e. The van der Waals surface area contributed by atoms with Crippen LogP contribution in [0.1, 0.15) is 11.1 Å². The Morgan fingerprint density at radius 1 is 0.962 bits per heavy atom. The summed E-state index contributed by atoms with van der Waals surface area (Å²) in [6, 6.07) is 15.8. The van der Waals surface area contributed by atoms with Gasteiger partial charge in [-0.25, -0.2) is 13.8 Å². The smallest absolute Gasteiger partial charge is 0.230 e. The molecule has 0 fully saturated rings. The van der Waals surface area contributed by atoms with E-state index in [9.17, 15) is 13.6 Å². The fourth-order valence-electron chi connectivity index (χ4n) is 2.38. The van der Waals surface area contributed by atoms with Crippen molar-refractivity contribution in [3.8, 4) is 0 Å². The second-order valence-electron chi connectivity index (χ2n) is 5.73. The summed E-state index contributed by atoms with van der Waals surface area (Å²) in [7, 11) is 0. The number of hydrogen-bond acceptors (Lipinski definition) is 3. The highest BCUT2D eigenvalue weighted by Crippen LogP contribution is 2.13. The van der Waals surface area contributed by atoms with Gasteiger partial charge in [-0.15, -0.1) is 0 Å². The van der Waals surface area contributed by atoms with Crippen molar-refractivity contribution in [1.82, 2.24) is 4.98 Å². The molecule has 1 aromatic heterocycles. The van der Waals surface area contributed by atoms with E-state index in [2.05, 4.69) is 15.6 Å². The predicted octanol–water partition coefficient (Wildman–Crippen LogP) is 4.15. The van der Waals surface area contributed by atoms with Gasteiger partial charge in [0.15, 0.2) is 0 Å². The number of rotatable bonds is 6. The van der Waals surface area contributed by atoms with Crippen LogP contribution in [-0.4, -0.2) is 10.9 Å². The SMILES string of the molecule is O=C(Cc1ccccc1F)Nc1ccc(NCc2ccc(F)cc2)cn1. The maximum atomic E-state index is 13.6. The van der Waals surface area contributed by atoms with E-state index < -0.39 is 5.82 Å². The van der Waals surface area contributed by atoms with Crippen molar-refractivity contribution in [3.63, 3.8) is 0 Å². The predicted molar refractivity (Wildman–Crippen MR) is 96.7 cm³/mol. The van der Waals surface area contributed by atoms with Crippen LogP contribution in [0.2, 0.25) is 0 Å². The number of carbonyl (C=O) groups excluding carboxylic acids is 1. The van der Waals surface area contributed by atoms with Crippen molar-refractivity contribution in [2.45, 2.75) is 13.0 Å². The van der Waals surface area contributed by atoms with Gasteiger partial charge in [-0.1, -0.05) is 30.3 Å². The highest BCUT2D eigenvalue weighted by Gasteiger charge is 2.08. The molecule has 0 spiro atoms. The lowest BCUT2D eigenvalue weighted by molar-refractivity contribution is -0.115. The van der Waals surface area contributed by atoms with Crippen molar-refractivity contribution >= 4 is 17.4 Å². The number of carbonyl (C=O) groups is 1. The Balaban J connectivity index is 1.53. The lowest BCUT2D eigenvalue weighted by Crippen LogP contribution is -2.16. The van der Waals surface area contributed by atoms with Crippen LogP contribution in [0.3, 0.4) is 0 Å². The number of amides is 1. The summed E-state index contributed by atoms with van der Waals surface area (Å²) in [5, 5.41) is 5.80. The van der Waals surface area contributed by atoms with E-state index in [1.807, 2.05) is 0 Å². The Morgan fingerprint density at radius 2 is 1.73 bits per heavy atom. The third-order valence-electron chi connectivity index (χ3n) is 3.75. The first-order chi connectivity index (χ1) is 12.6. The highest BCUT2D eigenvalue weighted by molar-refractivity contribution is 5.91. The monoisotopic (exact) mass is 353 g/mol. The van der Waals surface area contributed by atoms with Gasteiger partial charge in [0.1, 0.15) is 17.5 Å². The highest BCUT2D eigenvalue weighted by atomic mass is 19.1. The summed E-state index contributed by atoms with van der Waals surface area (Å²) in [6.45, 7) is 0.529. The first-order valence-corrected chi connectivity index (χ1v) is 8.08. The Labute approximate surface area is 149 Å². The van der Waals surface area contributed by atoms with Crippen LogP contribution in [0.5, 0.6) is 0 Å². The third-order valence-corrected chi connectivity index (χ3v) is 3.75. The Morgan fingerprint density at radius 3 is 2.42 bits per heavy atom. The summed E-state index contributed by atoms with van der Waals surface area (Å²) in [4.78, 5) is 16.2. The molecule has 0 aliphatic heterocycles. The fourth-order valence-corrected chi connectivity index (χ4v) is 2.38. The minimum Gasteiger partial charge on any atom is -0.380 e. The van der Waals surface area contributed by atoms with E-state index in [1.165, 1.54) is 18.2 Å². The molecule has 0 bridgehead atoms. The van der Waals surface area contributed by atoms with Crippen LogP contribution >= 0.6 is 0 Å². The number of pyridine rings is 1. The first kappa shape index (κ1) is 17.5. The van der Waals surface area contributed by atoms with Crippen LogP contribution in [0.4, 0.5) is 20.3 Å². The molecule has 2 aromatic carbocycles. The number of nitrogens with zero attached hydrogens (tertiary/aromatic N) is 1. The quantitative estimate of drug-likeness (QED) is 0.700. The summed E-state index contributed by atoms with van der Waals surface area (Å²) >= 11 is 0. The van der Waals surface area contributed by atoms with Crippen LogP contribution in [0, 0.1) is 11.6 Å². The number of aromatic nitrogens is 1. The van der Waals surface area contributed by atoms with Gasteiger partial charge in [-0.05, 0) is 41.5 Å². The molecule has 0 atom stereocenters. The number of anilines is 2.